The summed E-state index contributed by atoms with van der Waals surface area (Å²) >= 11 is 0. The molecule has 94 valence electrons. The second kappa shape index (κ2) is 6.00. The van der Waals surface area contributed by atoms with Gasteiger partial charge in [0.05, 0.1) is 0 Å². The van der Waals surface area contributed by atoms with Crippen LogP contribution in [0.5, 0.6) is 5.75 Å². The average molecular weight is 243 g/mol. The van der Waals surface area contributed by atoms with E-state index in [0.29, 0.717) is 12.4 Å². The summed E-state index contributed by atoms with van der Waals surface area (Å²) in [5.41, 5.74) is 1.01. The number of benzene rings is 1. The van der Waals surface area contributed by atoms with Crippen LogP contribution in [-0.4, -0.2) is 17.0 Å². The molecule has 4 nitrogen and oxygen atoms in total. The maximum atomic E-state index is 5.64. The fourth-order valence-electron chi connectivity index (χ4n) is 1.59. The molecule has 0 aliphatic carbocycles. The van der Waals surface area contributed by atoms with Gasteiger partial charge in [0.2, 0.25) is 0 Å². The highest BCUT2D eigenvalue weighted by atomic mass is 16.5. The molecule has 1 aromatic heterocycles. The number of nitrogens with one attached hydrogen (secondary N) is 1. The fourth-order valence-corrected chi connectivity index (χ4v) is 1.59. The lowest BCUT2D eigenvalue weighted by atomic mass is 10.3. The van der Waals surface area contributed by atoms with Gasteiger partial charge in [0.15, 0.2) is 5.82 Å². The molecule has 0 bridgehead atoms. The molecule has 0 atom stereocenters. The van der Waals surface area contributed by atoms with Gasteiger partial charge < -0.3 is 10.1 Å². The summed E-state index contributed by atoms with van der Waals surface area (Å²) in [7, 11) is 1.85. The van der Waals surface area contributed by atoms with Crippen molar-refractivity contribution in [1.29, 1.82) is 0 Å². The first-order chi connectivity index (χ1) is 8.81. The van der Waals surface area contributed by atoms with E-state index in [1.807, 2.05) is 43.4 Å². The van der Waals surface area contributed by atoms with E-state index in [9.17, 15) is 0 Å². The zero-order chi connectivity index (χ0) is 12.8. The quantitative estimate of drug-likeness (QED) is 0.877. The molecule has 0 saturated carbocycles. The summed E-state index contributed by atoms with van der Waals surface area (Å²) in [6, 6.07) is 11.6. The van der Waals surface area contributed by atoms with Crippen LogP contribution in [-0.2, 0) is 13.0 Å². The minimum Gasteiger partial charge on any atom is -0.486 e. The number of anilines is 1. The van der Waals surface area contributed by atoms with Crippen LogP contribution in [0.1, 0.15) is 18.4 Å². The van der Waals surface area contributed by atoms with Gasteiger partial charge in [0.1, 0.15) is 18.2 Å². The highest BCUT2D eigenvalue weighted by Gasteiger charge is 2.03. The van der Waals surface area contributed by atoms with Gasteiger partial charge in [-0.25, -0.2) is 9.97 Å². The fraction of sp³-hybridized carbons (Fsp3) is 0.286. The van der Waals surface area contributed by atoms with Crippen molar-refractivity contribution in [2.75, 3.05) is 12.4 Å². The molecule has 0 unspecified atom stereocenters. The third-order valence-corrected chi connectivity index (χ3v) is 2.56. The third kappa shape index (κ3) is 3.20. The monoisotopic (exact) mass is 243 g/mol. The Morgan fingerprint density at radius 1 is 1.17 bits per heavy atom. The number of ether oxygens (including phenoxy) is 1. The van der Waals surface area contributed by atoms with Crippen LogP contribution in [0.25, 0.3) is 0 Å². The van der Waals surface area contributed by atoms with E-state index >= 15 is 0 Å². The lowest BCUT2D eigenvalue weighted by Crippen LogP contribution is -2.06. The van der Waals surface area contributed by atoms with E-state index in [1.165, 1.54) is 0 Å². The summed E-state index contributed by atoms with van der Waals surface area (Å²) in [5.74, 6) is 2.35. The molecule has 0 saturated heterocycles. The number of para-hydroxylation sites is 1. The van der Waals surface area contributed by atoms with Crippen LogP contribution in [0.2, 0.25) is 0 Å². The van der Waals surface area contributed by atoms with Crippen LogP contribution in [0.3, 0.4) is 0 Å². The minimum atomic E-state index is 0.381. The van der Waals surface area contributed by atoms with Gasteiger partial charge in [-0.2, -0.15) is 0 Å². The predicted octanol–water partition coefficient (Wildman–Crippen LogP) is 2.66. The summed E-state index contributed by atoms with van der Waals surface area (Å²) < 4.78 is 5.64. The van der Waals surface area contributed by atoms with E-state index in [-0.39, 0.29) is 0 Å². The van der Waals surface area contributed by atoms with E-state index in [4.69, 9.17) is 4.74 Å². The molecule has 0 fully saturated rings. The third-order valence-electron chi connectivity index (χ3n) is 2.56. The van der Waals surface area contributed by atoms with Crippen molar-refractivity contribution in [1.82, 2.24) is 9.97 Å². The summed E-state index contributed by atoms with van der Waals surface area (Å²) in [5, 5.41) is 3.03. The Balaban J connectivity index is 2.09. The number of aryl methyl sites for hydroxylation is 1. The Hall–Kier alpha value is -2.10. The van der Waals surface area contributed by atoms with E-state index < -0.39 is 0 Å². The second-order valence-electron chi connectivity index (χ2n) is 3.87. The highest BCUT2D eigenvalue weighted by Crippen LogP contribution is 2.12. The largest absolute Gasteiger partial charge is 0.486 e. The summed E-state index contributed by atoms with van der Waals surface area (Å²) in [6.45, 7) is 2.45. The second-order valence-corrected chi connectivity index (χ2v) is 3.87. The molecule has 0 radical (unpaired) electrons. The molecule has 0 aliphatic rings. The number of aromatic nitrogens is 2. The minimum absolute atomic E-state index is 0.381. The standard InChI is InChI=1S/C14H17N3O/c1-3-11-9-13(15-2)17-14(16-11)10-18-12-7-5-4-6-8-12/h4-9H,3,10H2,1-2H3,(H,15,16,17). The Bertz CT molecular complexity index is 477. The van der Waals surface area contributed by atoms with Crippen molar-refractivity contribution in [2.24, 2.45) is 0 Å². The SMILES string of the molecule is CCc1cc(NC)nc(COc2ccccc2)n1. The van der Waals surface area contributed by atoms with Crippen LogP contribution in [0, 0.1) is 0 Å². The Labute approximate surface area is 107 Å². The molecule has 0 aliphatic heterocycles. The van der Waals surface area contributed by atoms with Gasteiger partial charge in [-0.15, -0.1) is 0 Å². The smallest absolute Gasteiger partial charge is 0.168 e. The molecule has 0 amide bonds. The molecule has 4 heteroatoms. The Morgan fingerprint density at radius 2 is 1.94 bits per heavy atom. The molecule has 2 aromatic rings. The van der Waals surface area contributed by atoms with Crippen molar-refractivity contribution in [3.05, 3.63) is 47.9 Å². The zero-order valence-electron chi connectivity index (χ0n) is 10.7. The average Bonchev–Trinajstić information content (AvgIpc) is 2.45. The maximum absolute atomic E-state index is 5.64. The van der Waals surface area contributed by atoms with Crippen molar-refractivity contribution in [2.45, 2.75) is 20.0 Å². The lowest BCUT2D eigenvalue weighted by molar-refractivity contribution is 0.295. The zero-order valence-corrected chi connectivity index (χ0v) is 10.7. The summed E-state index contributed by atoms with van der Waals surface area (Å²) in [6.07, 6.45) is 0.884. The molecule has 2 rings (SSSR count). The number of hydrogen-bond donors (Lipinski definition) is 1. The van der Waals surface area contributed by atoms with E-state index in [2.05, 4.69) is 22.2 Å². The van der Waals surface area contributed by atoms with Gasteiger partial charge in [-0.05, 0) is 18.6 Å². The number of rotatable bonds is 5. The number of nitrogens with zero attached hydrogens (tertiary/aromatic N) is 2. The van der Waals surface area contributed by atoms with Gasteiger partial charge in [-0.3, -0.25) is 0 Å². The molecule has 0 spiro atoms. The Kier molecular flexibility index (Phi) is 4.12. The highest BCUT2D eigenvalue weighted by molar-refractivity contribution is 5.35. The molecular formula is C14H17N3O. The first-order valence-electron chi connectivity index (χ1n) is 6.04. The van der Waals surface area contributed by atoms with Crippen LogP contribution in [0.4, 0.5) is 5.82 Å². The topological polar surface area (TPSA) is 47.0 Å². The van der Waals surface area contributed by atoms with Gasteiger partial charge >= 0.3 is 0 Å². The van der Waals surface area contributed by atoms with Crippen molar-refractivity contribution in [3.63, 3.8) is 0 Å². The molecule has 18 heavy (non-hydrogen) atoms. The molecule has 1 N–H and O–H groups in total. The van der Waals surface area contributed by atoms with Gasteiger partial charge in [0.25, 0.3) is 0 Å². The summed E-state index contributed by atoms with van der Waals surface area (Å²) in [4.78, 5) is 8.81. The van der Waals surface area contributed by atoms with Crippen molar-refractivity contribution >= 4 is 5.82 Å². The molecule has 1 aromatic carbocycles. The Morgan fingerprint density at radius 3 is 2.61 bits per heavy atom. The lowest BCUT2D eigenvalue weighted by Gasteiger charge is -2.08. The van der Waals surface area contributed by atoms with E-state index in [0.717, 1.165) is 23.7 Å². The van der Waals surface area contributed by atoms with Crippen LogP contribution < -0.4 is 10.1 Å². The predicted molar refractivity (Wildman–Crippen MR) is 71.7 cm³/mol. The van der Waals surface area contributed by atoms with Crippen LogP contribution in [0.15, 0.2) is 36.4 Å². The molecule has 1 heterocycles. The van der Waals surface area contributed by atoms with Crippen molar-refractivity contribution in [3.8, 4) is 5.75 Å². The van der Waals surface area contributed by atoms with Gasteiger partial charge in [-0.1, -0.05) is 25.1 Å². The first-order valence-corrected chi connectivity index (χ1v) is 6.04. The maximum Gasteiger partial charge on any atom is 0.168 e. The number of hydrogen-bond acceptors (Lipinski definition) is 4. The van der Waals surface area contributed by atoms with Gasteiger partial charge in [0, 0.05) is 18.8 Å². The first kappa shape index (κ1) is 12.4. The van der Waals surface area contributed by atoms with Crippen LogP contribution >= 0.6 is 0 Å². The normalized spacial score (nSPS) is 10.1. The van der Waals surface area contributed by atoms with Crippen molar-refractivity contribution < 1.29 is 4.74 Å². The van der Waals surface area contributed by atoms with E-state index in [1.54, 1.807) is 0 Å². The molecular weight excluding hydrogens is 226 g/mol.